The molecule has 1 aliphatic heterocycles. The van der Waals surface area contributed by atoms with Crippen LogP contribution in [-0.2, 0) is 9.31 Å². The van der Waals surface area contributed by atoms with Gasteiger partial charge in [0.2, 0.25) is 5.88 Å². The fraction of sp³-hybridized carbons (Fsp3) is 0.714. The molecule has 2 heterocycles. The summed E-state index contributed by atoms with van der Waals surface area (Å²) >= 11 is 0. The van der Waals surface area contributed by atoms with Crippen LogP contribution in [-0.4, -0.2) is 35.4 Å². The summed E-state index contributed by atoms with van der Waals surface area (Å²) in [5.74, 6) is 0.753. The van der Waals surface area contributed by atoms with E-state index in [9.17, 15) is 0 Å². The van der Waals surface area contributed by atoms with Crippen LogP contribution < -0.4 is 10.2 Å². The monoisotopic (exact) mass is 278 g/mol. The molecule has 110 valence electrons. The summed E-state index contributed by atoms with van der Waals surface area (Å²) in [7, 11) is 1.09. The third kappa shape index (κ3) is 2.42. The predicted molar refractivity (Wildman–Crippen MR) is 78.4 cm³/mol. The van der Waals surface area contributed by atoms with Gasteiger partial charge in [0.05, 0.1) is 23.8 Å². The van der Waals surface area contributed by atoms with Crippen LogP contribution in [0.5, 0.6) is 5.88 Å². The molecule has 0 atom stereocenters. The van der Waals surface area contributed by atoms with Crippen molar-refractivity contribution < 1.29 is 14.0 Å². The quantitative estimate of drug-likeness (QED) is 0.790. The molecule has 1 aliphatic rings. The Morgan fingerprint density at radius 3 is 2.10 bits per heavy atom. The van der Waals surface area contributed by atoms with Gasteiger partial charge < -0.3 is 14.0 Å². The van der Waals surface area contributed by atoms with Crippen LogP contribution in [0.2, 0.25) is 0 Å². The van der Waals surface area contributed by atoms with Crippen LogP contribution in [0.3, 0.4) is 0 Å². The van der Waals surface area contributed by atoms with E-state index in [4.69, 9.17) is 14.0 Å². The lowest BCUT2D eigenvalue weighted by Crippen LogP contribution is -2.41. The van der Waals surface area contributed by atoms with Crippen molar-refractivity contribution in [1.29, 1.82) is 0 Å². The smallest absolute Gasteiger partial charge is 0.481 e. The molecule has 1 aromatic rings. The standard InChI is InChI=1S/C14H23BN2O3/c1-9(2)11-10(12(18-7)17-8-16-11)15-19-13(3,4)14(5,6)20-15/h8-9H,1-7H3. The Labute approximate surface area is 121 Å². The van der Waals surface area contributed by atoms with Gasteiger partial charge in [-0.1, -0.05) is 13.8 Å². The molecule has 6 heteroatoms. The summed E-state index contributed by atoms with van der Waals surface area (Å²) in [5.41, 5.74) is 0.901. The zero-order chi connectivity index (χ0) is 15.1. The lowest BCUT2D eigenvalue weighted by molar-refractivity contribution is 0.00578. The minimum absolute atomic E-state index is 0.237. The summed E-state index contributed by atoms with van der Waals surface area (Å²) in [5, 5.41) is 0. The maximum atomic E-state index is 6.10. The maximum Gasteiger partial charge on any atom is 0.502 e. The fourth-order valence-electron chi connectivity index (χ4n) is 2.20. The van der Waals surface area contributed by atoms with E-state index in [0.717, 1.165) is 11.2 Å². The van der Waals surface area contributed by atoms with Gasteiger partial charge in [0.25, 0.3) is 0 Å². The van der Waals surface area contributed by atoms with Crippen molar-refractivity contribution >= 4 is 12.6 Å². The molecule has 0 unspecified atom stereocenters. The summed E-state index contributed by atoms with van der Waals surface area (Å²) in [6, 6.07) is 0. The van der Waals surface area contributed by atoms with E-state index in [-0.39, 0.29) is 5.92 Å². The Balaban J connectivity index is 2.48. The lowest BCUT2D eigenvalue weighted by Gasteiger charge is -2.32. The van der Waals surface area contributed by atoms with Crippen LogP contribution in [0, 0.1) is 0 Å². The summed E-state index contributed by atoms with van der Waals surface area (Å²) < 4.78 is 17.6. The van der Waals surface area contributed by atoms with E-state index in [1.807, 2.05) is 27.7 Å². The van der Waals surface area contributed by atoms with E-state index in [1.165, 1.54) is 6.33 Å². The van der Waals surface area contributed by atoms with Crippen molar-refractivity contribution in [2.45, 2.75) is 58.7 Å². The van der Waals surface area contributed by atoms with Crippen LogP contribution in [0.1, 0.15) is 53.2 Å². The van der Waals surface area contributed by atoms with Crippen LogP contribution >= 0.6 is 0 Å². The number of hydrogen-bond donors (Lipinski definition) is 0. The third-order valence-electron chi connectivity index (χ3n) is 4.11. The van der Waals surface area contributed by atoms with Crippen LogP contribution in [0.25, 0.3) is 0 Å². The molecule has 20 heavy (non-hydrogen) atoms. The number of hydrogen-bond acceptors (Lipinski definition) is 5. The fourth-order valence-corrected chi connectivity index (χ4v) is 2.20. The second kappa shape index (κ2) is 5.00. The minimum Gasteiger partial charge on any atom is -0.481 e. The molecular formula is C14H23BN2O3. The van der Waals surface area contributed by atoms with Crippen molar-refractivity contribution in [2.75, 3.05) is 7.11 Å². The van der Waals surface area contributed by atoms with Crippen LogP contribution in [0.15, 0.2) is 6.33 Å². The van der Waals surface area contributed by atoms with Crippen molar-refractivity contribution in [3.05, 3.63) is 12.0 Å². The first-order chi connectivity index (χ1) is 9.19. The largest absolute Gasteiger partial charge is 0.502 e. The van der Waals surface area contributed by atoms with Gasteiger partial charge >= 0.3 is 7.12 Å². The zero-order valence-corrected chi connectivity index (χ0v) is 13.4. The summed E-state index contributed by atoms with van der Waals surface area (Å²) in [6.07, 6.45) is 1.52. The molecular weight excluding hydrogens is 255 g/mol. The van der Waals surface area contributed by atoms with Crippen molar-refractivity contribution in [3.63, 3.8) is 0 Å². The van der Waals surface area contributed by atoms with E-state index >= 15 is 0 Å². The van der Waals surface area contributed by atoms with Crippen molar-refractivity contribution in [2.24, 2.45) is 0 Å². The van der Waals surface area contributed by atoms with E-state index in [0.29, 0.717) is 5.88 Å². The molecule has 0 N–H and O–H groups in total. The van der Waals surface area contributed by atoms with Gasteiger partial charge in [-0.05, 0) is 33.6 Å². The molecule has 0 amide bonds. The van der Waals surface area contributed by atoms with Gasteiger partial charge in [-0.15, -0.1) is 0 Å². The van der Waals surface area contributed by atoms with E-state index < -0.39 is 18.3 Å². The predicted octanol–water partition coefficient (Wildman–Crippen LogP) is 1.91. The van der Waals surface area contributed by atoms with Gasteiger partial charge in [-0.25, -0.2) is 9.97 Å². The normalized spacial score (nSPS) is 20.5. The number of nitrogens with zero attached hydrogens (tertiary/aromatic N) is 2. The van der Waals surface area contributed by atoms with Gasteiger partial charge in [0.15, 0.2) is 0 Å². The summed E-state index contributed by atoms with van der Waals surface area (Å²) in [6.45, 7) is 12.3. The molecule has 0 saturated carbocycles. The Morgan fingerprint density at radius 2 is 1.65 bits per heavy atom. The highest BCUT2D eigenvalue weighted by molar-refractivity contribution is 6.63. The van der Waals surface area contributed by atoms with E-state index in [2.05, 4.69) is 23.8 Å². The third-order valence-corrected chi connectivity index (χ3v) is 4.11. The van der Waals surface area contributed by atoms with Gasteiger partial charge in [0, 0.05) is 5.69 Å². The number of ether oxygens (including phenoxy) is 1. The molecule has 0 aliphatic carbocycles. The Morgan fingerprint density at radius 1 is 1.10 bits per heavy atom. The highest BCUT2D eigenvalue weighted by Crippen LogP contribution is 2.37. The molecule has 0 bridgehead atoms. The molecule has 0 radical (unpaired) electrons. The molecule has 5 nitrogen and oxygen atoms in total. The molecule has 2 rings (SSSR count). The molecule has 1 fully saturated rings. The van der Waals surface area contributed by atoms with Crippen molar-refractivity contribution in [1.82, 2.24) is 9.97 Å². The number of methoxy groups -OCH3 is 1. The highest BCUT2D eigenvalue weighted by atomic mass is 16.7. The molecule has 0 spiro atoms. The topological polar surface area (TPSA) is 53.5 Å². The molecule has 0 aromatic carbocycles. The Hall–Kier alpha value is -1.14. The van der Waals surface area contributed by atoms with Gasteiger partial charge in [0.1, 0.15) is 6.33 Å². The average Bonchev–Trinajstić information content (AvgIpc) is 2.57. The highest BCUT2D eigenvalue weighted by Gasteiger charge is 2.53. The lowest BCUT2D eigenvalue weighted by atomic mass is 9.76. The molecule has 1 aromatic heterocycles. The number of rotatable bonds is 3. The van der Waals surface area contributed by atoms with E-state index in [1.54, 1.807) is 7.11 Å². The first-order valence-electron chi connectivity index (χ1n) is 6.94. The molecule has 1 saturated heterocycles. The average molecular weight is 278 g/mol. The minimum atomic E-state index is -0.506. The first-order valence-corrected chi connectivity index (χ1v) is 6.94. The maximum absolute atomic E-state index is 6.10. The van der Waals surface area contributed by atoms with Gasteiger partial charge in [-0.3, -0.25) is 0 Å². The SMILES string of the molecule is COc1ncnc(C(C)C)c1B1OC(C)(C)C(C)(C)O1. The summed E-state index contributed by atoms with van der Waals surface area (Å²) in [4.78, 5) is 8.56. The Kier molecular flexibility index (Phi) is 3.82. The van der Waals surface area contributed by atoms with Crippen molar-refractivity contribution in [3.8, 4) is 5.88 Å². The first kappa shape index (κ1) is 15.3. The van der Waals surface area contributed by atoms with Crippen LogP contribution in [0.4, 0.5) is 0 Å². The van der Waals surface area contributed by atoms with Gasteiger partial charge in [-0.2, -0.15) is 0 Å². The number of aromatic nitrogens is 2. The second-order valence-corrected chi connectivity index (χ2v) is 6.42. The second-order valence-electron chi connectivity index (χ2n) is 6.42. The zero-order valence-electron chi connectivity index (χ0n) is 13.4. The Bertz CT molecular complexity index is 487.